The Morgan fingerprint density at radius 3 is 2.59 bits per heavy atom. The summed E-state index contributed by atoms with van der Waals surface area (Å²) in [5.74, 6) is -0.639. The van der Waals surface area contributed by atoms with Crippen LogP contribution in [0.3, 0.4) is 0 Å². The van der Waals surface area contributed by atoms with Gasteiger partial charge in [-0.25, -0.2) is 0 Å². The molecule has 1 atom stereocenters. The first-order chi connectivity index (χ1) is 7.95. The first-order valence-electron chi connectivity index (χ1n) is 5.37. The van der Waals surface area contributed by atoms with Crippen LogP contribution in [0.15, 0.2) is 16.7 Å². The van der Waals surface area contributed by atoms with E-state index < -0.39 is 0 Å². The number of nitrogens with one attached hydrogen (secondary N) is 2. The maximum Gasteiger partial charge on any atom is 0.286 e. The lowest BCUT2D eigenvalue weighted by Crippen LogP contribution is -2.44. The monoisotopic (exact) mass is 301 g/mol. The van der Waals surface area contributed by atoms with E-state index in [0.717, 1.165) is 10.9 Å². The second kappa shape index (κ2) is 5.86. The fourth-order valence-corrected chi connectivity index (χ4v) is 1.76. The van der Waals surface area contributed by atoms with Gasteiger partial charge in [-0.2, -0.15) is 0 Å². The summed E-state index contributed by atoms with van der Waals surface area (Å²) in [5.41, 5.74) is 5.26. The first kappa shape index (κ1) is 13.8. The van der Waals surface area contributed by atoms with Crippen molar-refractivity contribution in [2.75, 3.05) is 0 Å². The predicted octanol–water partition coefficient (Wildman–Crippen LogP) is 1.59. The summed E-state index contributed by atoms with van der Waals surface area (Å²) >= 11 is 3.28. The summed E-state index contributed by atoms with van der Waals surface area (Å²) in [6.07, 6.45) is 2.50. The van der Waals surface area contributed by atoms with Crippen LogP contribution in [0.25, 0.3) is 0 Å². The molecule has 0 aliphatic heterocycles. The van der Waals surface area contributed by atoms with Crippen LogP contribution in [0.4, 0.5) is 0 Å². The number of hydrazine groups is 1. The molecule has 1 rings (SSSR count). The molecule has 0 radical (unpaired) electrons. The van der Waals surface area contributed by atoms with Crippen LogP contribution < -0.4 is 10.9 Å². The second-order valence-corrected chi connectivity index (χ2v) is 4.82. The molecular formula is C11H16BrN3O2. The minimum atomic E-state index is -0.338. The molecule has 17 heavy (non-hydrogen) atoms. The third-order valence-corrected chi connectivity index (χ3v) is 3.00. The third kappa shape index (κ3) is 3.59. The zero-order valence-electron chi connectivity index (χ0n) is 10.1. The van der Waals surface area contributed by atoms with Gasteiger partial charge < -0.3 is 4.57 Å². The number of carbonyl (C=O) groups excluding carboxylic acids is 2. The summed E-state index contributed by atoms with van der Waals surface area (Å²) in [6, 6.07) is 1.69. The van der Waals surface area contributed by atoms with Gasteiger partial charge in [-0.1, -0.05) is 13.8 Å². The van der Waals surface area contributed by atoms with E-state index in [1.54, 1.807) is 30.8 Å². The summed E-state index contributed by atoms with van der Waals surface area (Å²) in [7, 11) is 1.76. The van der Waals surface area contributed by atoms with Crippen molar-refractivity contribution in [1.29, 1.82) is 0 Å². The molecule has 5 nitrogen and oxygen atoms in total. The molecule has 94 valence electrons. The summed E-state index contributed by atoms with van der Waals surface area (Å²) in [4.78, 5) is 23.2. The first-order valence-corrected chi connectivity index (χ1v) is 6.17. The minimum Gasteiger partial charge on any atom is -0.345 e. The van der Waals surface area contributed by atoms with E-state index >= 15 is 0 Å². The highest BCUT2D eigenvalue weighted by Gasteiger charge is 2.14. The van der Waals surface area contributed by atoms with Crippen LogP contribution in [-0.4, -0.2) is 16.4 Å². The molecule has 0 spiro atoms. The standard InChI is InChI=1S/C11H16BrN3O2/c1-4-7(2)10(16)13-14-11(17)9-5-8(12)6-15(9)3/h5-7H,4H2,1-3H3,(H,13,16)(H,14,17)/t7-/m1/s1. The highest BCUT2D eigenvalue weighted by Crippen LogP contribution is 2.13. The number of rotatable bonds is 3. The van der Waals surface area contributed by atoms with E-state index in [-0.39, 0.29) is 17.7 Å². The molecule has 0 aromatic carbocycles. The summed E-state index contributed by atoms with van der Waals surface area (Å²) in [6.45, 7) is 3.72. The summed E-state index contributed by atoms with van der Waals surface area (Å²) < 4.78 is 2.49. The van der Waals surface area contributed by atoms with Crippen LogP contribution in [0.5, 0.6) is 0 Å². The molecule has 1 aromatic rings. The van der Waals surface area contributed by atoms with Crippen molar-refractivity contribution in [2.24, 2.45) is 13.0 Å². The molecule has 2 amide bonds. The van der Waals surface area contributed by atoms with Gasteiger partial charge in [0.15, 0.2) is 0 Å². The van der Waals surface area contributed by atoms with Crippen LogP contribution in [0, 0.1) is 5.92 Å². The number of amides is 2. The predicted molar refractivity (Wildman–Crippen MR) is 68.2 cm³/mol. The summed E-state index contributed by atoms with van der Waals surface area (Å²) in [5, 5.41) is 0. The number of aryl methyl sites for hydroxylation is 1. The fraction of sp³-hybridized carbons (Fsp3) is 0.455. The average molecular weight is 302 g/mol. The highest BCUT2D eigenvalue weighted by atomic mass is 79.9. The Balaban J connectivity index is 2.56. The van der Waals surface area contributed by atoms with Crippen molar-refractivity contribution < 1.29 is 9.59 Å². The number of hydrogen-bond donors (Lipinski definition) is 2. The largest absolute Gasteiger partial charge is 0.345 e. The topological polar surface area (TPSA) is 63.1 Å². The number of aromatic nitrogens is 1. The maximum absolute atomic E-state index is 11.7. The molecule has 1 aromatic heterocycles. The number of nitrogens with zero attached hydrogens (tertiary/aromatic N) is 1. The van der Waals surface area contributed by atoms with Crippen molar-refractivity contribution >= 4 is 27.7 Å². The molecule has 2 N–H and O–H groups in total. The second-order valence-electron chi connectivity index (χ2n) is 3.91. The van der Waals surface area contributed by atoms with Gasteiger partial charge in [-0.05, 0) is 28.4 Å². The Morgan fingerprint density at radius 2 is 2.12 bits per heavy atom. The Hall–Kier alpha value is -1.30. The fourth-order valence-electron chi connectivity index (χ4n) is 1.24. The van der Waals surface area contributed by atoms with Crippen molar-refractivity contribution in [3.8, 4) is 0 Å². The number of hydrogen-bond acceptors (Lipinski definition) is 2. The molecule has 0 saturated heterocycles. The lowest BCUT2D eigenvalue weighted by molar-refractivity contribution is -0.125. The molecule has 0 fully saturated rings. The van der Waals surface area contributed by atoms with Gasteiger partial charge in [-0.15, -0.1) is 0 Å². The Morgan fingerprint density at radius 1 is 1.47 bits per heavy atom. The van der Waals surface area contributed by atoms with E-state index in [0.29, 0.717) is 5.69 Å². The maximum atomic E-state index is 11.7. The van der Waals surface area contributed by atoms with Crippen LogP contribution in [0.2, 0.25) is 0 Å². The third-order valence-electron chi connectivity index (χ3n) is 2.56. The van der Waals surface area contributed by atoms with Gasteiger partial charge in [0, 0.05) is 23.6 Å². The average Bonchev–Trinajstić information content (AvgIpc) is 2.63. The minimum absolute atomic E-state index is 0.115. The highest BCUT2D eigenvalue weighted by molar-refractivity contribution is 9.10. The lowest BCUT2D eigenvalue weighted by atomic mass is 10.1. The van der Waals surface area contributed by atoms with Crippen molar-refractivity contribution in [1.82, 2.24) is 15.4 Å². The molecule has 0 unspecified atom stereocenters. The SMILES string of the molecule is CC[C@@H](C)C(=O)NNC(=O)c1cc(Br)cn1C. The number of carbonyl (C=O) groups is 2. The molecular weight excluding hydrogens is 286 g/mol. The van der Waals surface area contributed by atoms with Gasteiger partial charge in [-0.3, -0.25) is 20.4 Å². The zero-order chi connectivity index (χ0) is 13.0. The van der Waals surface area contributed by atoms with Crippen molar-refractivity contribution in [3.63, 3.8) is 0 Å². The van der Waals surface area contributed by atoms with Gasteiger partial charge >= 0.3 is 0 Å². The van der Waals surface area contributed by atoms with Gasteiger partial charge in [0.1, 0.15) is 5.69 Å². The normalized spacial score (nSPS) is 12.0. The van der Waals surface area contributed by atoms with Crippen LogP contribution >= 0.6 is 15.9 Å². The quantitative estimate of drug-likeness (QED) is 0.833. The number of halogens is 1. The van der Waals surface area contributed by atoms with E-state index in [1.165, 1.54) is 0 Å². The molecule has 0 bridgehead atoms. The van der Waals surface area contributed by atoms with E-state index in [1.807, 2.05) is 6.92 Å². The Bertz CT molecular complexity index is 428. The van der Waals surface area contributed by atoms with E-state index in [4.69, 9.17) is 0 Å². The lowest BCUT2D eigenvalue weighted by Gasteiger charge is -2.11. The van der Waals surface area contributed by atoms with Gasteiger partial charge in [0.05, 0.1) is 0 Å². The van der Waals surface area contributed by atoms with Crippen LogP contribution in [0.1, 0.15) is 30.8 Å². The molecule has 0 saturated carbocycles. The zero-order valence-corrected chi connectivity index (χ0v) is 11.7. The smallest absolute Gasteiger partial charge is 0.286 e. The Kier molecular flexibility index (Phi) is 4.74. The van der Waals surface area contributed by atoms with E-state index in [9.17, 15) is 9.59 Å². The van der Waals surface area contributed by atoms with E-state index in [2.05, 4.69) is 26.8 Å². The van der Waals surface area contributed by atoms with Gasteiger partial charge in [0.25, 0.3) is 5.91 Å². The van der Waals surface area contributed by atoms with Crippen molar-refractivity contribution in [3.05, 3.63) is 22.4 Å². The molecule has 1 heterocycles. The van der Waals surface area contributed by atoms with Crippen molar-refractivity contribution in [2.45, 2.75) is 20.3 Å². The van der Waals surface area contributed by atoms with Crippen LogP contribution in [-0.2, 0) is 11.8 Å². The van der Waals surface area contributed by atoms with Gasteiger partial charge in [0.2, 0.25) is 5.91 Å². The molecule has 0 aliphatic rings. The molecule has 6 heteroatoms. The Labute approximate surface area is 109 Å². The molecule has 0 aliphatic carbocycles.